The number of aromatic nitrogens is 1. The highest BCUT2D eigenvalue weighted by Crippen LogP contribution is 2.31. The van der Waals surface area contributed by atoms with Crippen LogP contribution in [0.25, 0.3) is 11.3 Å². The van der Waals surface area contributed by atoms with E-state index in [2.05, 4.69) is 10.5 Å². The number of nitrogens with one attached hydrogen (secondary N) is 1. The van der Waals surface area contributed by atoms with Crippen LogP contribution in [0.2, 0.25) is 5.02 Å². The number of phenols is 1. The Kier molecular flexibility index (Phi) is 4.39. The smallest absolute Gasteiger partial charge is 0.277 e. The molecule has 2 aromatic carbocycles. The Morgan fingerprint density at radius 3 is 2.79 bits per heavy atom. The average molecular weight is 345 g/mol. The summed E-state index contributed by atoms with van der Waals surface area (Å²) >= 11 is 5.88. The molecule has 0 bridgehead atoms. The Labute approximate surface area is 142 Å². The first-order valence-electron chi connectivity index (χ1n) is 6.98. The van der Waals surface area contributed by atoms with Crippen molar-refractivity contribution in [1.29, 1.82) is 0 Å². The molecule has 24 heavy (non-hydrogen) atoms. The molecule has 0 saturated heterocycles. The van der Waals surface area contributed by atoms with Crippen LogP contribution in [0.4, 0.5) is 5.69 Å². The van der Waals surface area contributed by atoms with E-state index in [0.717, 1.165) is 0 Å². The summed E-state index contributed by atoms with van der Waals surface area (Å²) in [6.07, 6.45) is 0. The van der Waals surface area contributed by atoms with Crippen molar-refractivity contribution in [2.24, 2.45) is 0 Å². The van der Waals surface area contributed by atoms with E-state index in [1.807, 2.05) is 0 Å². The average Bonchev–Trinajstić information content (AvgIpc) is 3.05. The van der Waals surface area contributed by atoms with E-state index in [4.69, 9.17) is 20.9 Å². The molecule has 1 heterocycles. The molecule has 7 heteroatoms. The van der Waals surface area contributed by atoms with Gasteiger partial charge in [0.1, 0.15) is 0 Å². The summed E-state index contributed by atoms with van der Waals surface area (Å²) in [6, 6.07) is 13.0. The number of rotatable bonds is 4. The lowest BCUT2D eigenvalue weighted by Crippen LogP contribution is -2.11. The minimum atomic E-state index is -0.426. The highest BCUT2D eigenvalue weighted by molar-refractivity contribution is 6.30. The second-order valence-corrected chi connectivity index (χ2v) is 5.36. The zero-order chi connectivity index (χ0) is 17.1. The number of nitrogens with zero attached hydrogens (tertiary/aromatic N) is 1. The second-order valence-electron chi connectivity index (χ2n) is 4.93. The summed E-state index contributed by atoms with van der Waals surface area (Å²) in [5.41, 5.74) is 1.24. The molecule has 0 spiro atoms. The molecule has 0 aliphatic carbocycles. The van der Waals surface area contributed by atoms with Crippen molar-refractivity contribution >= 4 is 23.2 Å². The zero-order valence-electron chi connectivity index (χ0n) is 12.6. The van der Waals surface area contributed by atoms with Crippen LogP contribution in [-0.2, 0) is 0 Å². The Balaban J connectivity index is 1.80. The highest BCUT2D eigenvalue weighted by Gasteiger charge is 2.15. The van der Waals surface area contributed by atoms with Gasteiger partial charge < -0.3 is 19.7 Å². The molecule has 1 aromatic heterocycles. The number of carbonyl (C=O) groups is 1. The lowest BCUT2D eigenvalue weighted by Gasteiger charge is -2.03. The minimum absolute atomic E-state index is 0.0312. The molecule has 0 saturated carbocycles. The van der Waals surface area contributed by atoms with E-state index in [1.165, 1.54) is 19.2 Å². The van der Waals surface area contributed by atoms with Gasteiger partial charge in [-0.1, -0.05) is 22.8 Å². The zero-order valence-corrected chi connectivity index (χ0v) is 13.4. The fourth-order valence-corrected chi connectivity index (χ4v) is 2.31. The van der Waals surface area contributed by atoms with Gasteiger partial charge in [-0.05, 0) is 36.4 Å². The summed E-state index contributed by atoms with van der Waals surface area (Å²) in [4.78, 5) is 12.2. The monoisotopic (exact) mass is 344 g/mol. The number of amides is 1. The number of carbonyl (C=O) groups excluding carboxylic acids is 1. The maximum absolute atomic E-state index is 12.2. The molecule has 6 nitrogen and oxygen atoms in total. The largest absolute Gasteiger partial charge is 0.504 e. The summed E-state index contributed by atoms with van der Waals surface area (Å²) in [5, 5.41) is 16.8. The van der Waals surface area contributed by atoms with Crippen molar-refractivity contribution in [3.63, 3.8) is 0 Å². The molecule has 0 aliphatic heterocycles. The minimum Gasteiger partial charge on any atom is -0.504 e. The van der Waals surface area contributed by atoms with Gasteiger partial charge in [0.05, 0.1) is 7.11 Å². The van der Waals surface area contributed by atoms with Crippen molar-refractivity contribution < 1.29 is 19.2 Å². The maximum Gasteiger partial charge on any atom is 0.277 e. The van der Waals surface area contributed by atoms with Crippen molar-refractivity contribution in [3.05, 3.63) is 59.2 Å². The van der Waals surface area contributed by atoms with Crippen LogP contribution in [0.15, 0.2) is 53.1 Å². The molecule has 3 rings (SSSR count). The molecule has 2 N–H and O–H groups in total. The predicted molar refractivity (Wildman–Crippen MR) is 89.6 cm³/mol. The highest BCUT2D eigenvalue weighted by atomic mass is 35.5. The van der Waals surface area contributed by atoms with Gasteiger partial charge in [0.2, 0.25) is 0 Å². The topological polar surface area (TPSA) is 84.6 Å². The summed E-state index contributed by atoms with van der Waals surface area (Å²) < 4.78 is 10.2. The lowest BCUT2D eigenvalue weighted by atomic mass is 10.1. The third kappa shape index (κ3) is 3.33. The number of aromatic hydroxyl groups is 1. The predicted octanol–water partition coefficient (Wildman–Crippen LogP) is 3.96. The Hall–Kier alpha value is -2.99. The standard InChI is InChI=1S/C17H13ClN2O4/c1-23-15-6-5-10(7-14(15)21)16-9-13(20-24-16)17(22)19-12-4-2-3-11(18)8-12/h2-9,21H,1H3,(H,19,22). The summed E-state index contributed by atoms with van der Waals surface area (Å²) in [6.45, 7) is 0. The van der Waals surface area contributed by atoms with E-state index in [0.29, 0.717) is 27.8 Å². The van der Waals surface area contributed by atoms with Gasteiger partial charge in [-0.15, -0.1) is 0 Å². The first-order valence-corrected chi connectivity index (χ1v) is 7.35. The van der Waals surface area contributed by atoms with E-state index in [9.17, 15) is 9.90 Å². The maximum atomic E-state index is 12.2. The first kappa shape index (κ1) is 15.9. The molecular formula is C17H13ClN2O4. The van der Waals surface area contributed by atoms with Crippen LogP contribution in [0, 0.1) is 0 Å². The van der Waals surface area contributed by atoms with Crippen LogP contribution in [0.1, 0.15) is 10.5 Å². The molecule has 3 aromatic rings. The number of ether oxygens (including phenoxy) is 1. The summed E-state index contributed by atoms with van der Waals surface area (Å²) in [5.74, 6) is 0.239. The normalized spacial score (nSPS) is 10.4. The third-order valence-corrected chi connectivity index (χ3v) is 3.52. The van der Waals surface area contributed by atoms with Gasteiger partial charge in [-0.2, -0.15) is 0 Å². The number of anilines is 1. The van der Waals surface area contributed by atoms with Gasteiger partial charge in [0, 0.05) is 22.3 Å². The van der Waals surface area contributed by atoms with E-state index < -0.39 is 5.91 Å². The SMILES string of the molecule is COc1ccc(-c2cc(C(=O)Nc3cccc(Cl)c3)no2)cc1O. The number of benzene rings is 2. The van der Waals surface area contributed by atoms with Crippen LogP contribution in [0.3, 0.4) is 0 Å². The Morgan fingerprint density at radius 2 is 2.08 bits per heavy atom. The Bertz CT molecular complexity index is 892. The van der Waals surface area contributed by atoms with Crippen LogP contribution < -0.4 is 10.1 Å². The third-order valence-electron chi connectivity index (χ3n) is 3.29. The number of hydrogen-bond acceptors (Lipinski definition) is 5. The van der Waals surface area contributed by atoms with Gasteiger partial charge in [0.15, 0.2) is 23.0 Å². The van der Waals surface area contributed by atoms with E-state index >= 15 is 0 Å². The van der Waals surface area contributed by atoms with Gasteiger partial charge in [0.25, 0.3) is 5.91 Å². The molecule has 0 fully saturated rings. The first-order chi connectivity index (χ1) is 11.6. The molecule has 1 amide bonds. The van der Waals surface area contributed by atoms with Gasteiger partial charge >= 0.3 is 0 Å². The molecule has 122 valence electrons. The summed E-state index contributed by atoms with van der Waals surface area (Å²) in [7, 11) is 1.46. The van der Waals surface area contributed by atoms with E-state index in [1.54, 1.807) is 36.4 Å². The molecule has 0 unspecified atom stereocenters. The van der Waals surface area contributed by atoms with Crippen molar-refractivity contribution in [3.8, 4) is 22.8 Å². The fraction of sp³-hybridized carbons (Fsp3) is 0.0588. The van der Waals surface area contributed by atoms with Crippen molar-refractivity contribution in [2.45, 2.75) is 0 Å². The number of methoxy groups -OCH3 is 1. The quantitative estimate of drug-likeness (QED) is 0.748. The molecular weight excluding hydrogens is 332 g/mol. The van der Waals surface area contributed by atoms with Crippen molar-refractivity contribution in [2.75, 3.05) is 12.4 Å². The number of phenolic OH excluding ortho intramolecular Hbond substituents is 1. The van der Waals surface area contributed by atoms with E-state index in [-0.39, 0.29) is 11.4 Å². The van der Waals surface area contributed by atoms with Crippen LogP contribution >= 0.6 is 11.6 Å². The second kappa shape index (κ2) is 6.64. The fourth-order valence-electron chi connectivity index (χ4n) is 2.12. The number of hydrogen-bond donors (Lipinski definition) is 2. The van der Waals surface area contributed by atoms with Gasteiger partial charge in [-0.25, -0.2) is 0 Å². The number of halogens is 1. The lowest BCUT2D eigenvalue weighted by molar-refractivity contribution is 0.101. The van der Waals surface area contributed by atoms with Gasteiger partial charge in [-0.3, -0.25) is 4.79 Å². The molecule has 0 radical (unpaired) electrons. The molecule has 0 atom stereocenters. The van der Waals surface area contributed by atoms with Crippen LogP contribution in [-0.4, -0.2) is 23.3 Å². The Morgan fingerprint density at radius 1 is 1.25 bits per heavy atom. The molecule has 0 aliphatic rings. The van der Waals surface area contributed by atoms with Crippen LogP contribution in [0.5, 0.6) is 11.5 Å². The van der Waals surface area contributed by atoms with Crippen molar-refractivity contribution in [1.82, 2.24) is 5.16 Å².